The highest BCUT2D eigenvalue weighted by Gasteiger charge is 2.26. The second-order valence-corrected chi connectivity index (χ2v) is 3.65. The van der Waals surface area contributed by atoms with E-state index in [4.69, 9.17) is 9.84 Å². The molecule has 6 heteroatoms. The third-order valence-corrected chi connectivity index (χ3v) is 2.41. The predicted octanol–water partition coefficient (Wildman–Crippen LogP) is -0.0639. The lowest BCUT2D eigenvalue weighted by Gasteiger charge is -2.17. The van der Waals surface area contributed by atoms with Crippen molar-refractivity contribution < 1.29 is 19.4 Å². The number of hydrogen-bond acceptors (Lipinski definition) is 3. The topological polar surface area (TPSA) is 87.7 Å². The van der Waals surface area contributed by atoms with Crippen LogP contribution in [0.2, 0.25) is 0 Å². The van der Waals surface area contributed by atoms with Crippen molar-refractivity contribution in [3.63, 3.8) is 0 Å². The number of carboxylic acids is 1. The van der Waals surface area contributed by atoms with Gasteiger partial charge < -0.3 is 20.5 Å². The molecule has 0 aromatic rings. The number of amides is 2. The van der Waals surface area contributed by atoms with Crippen molar-refractivity contribution in [1.82, 2.24) is 10.6 Å². The molecule has 0 radical (unpaired) electrons. The van der Waals surface area contributed by atoms with Crippen LogP contribution in [0.15, 0.2) is 0 Å². The Kier molecular flexibility index (Phi) is 3.90. The molecule has 1 rings (SSSR count). The van der Waals surface area contributed by atoms with E-state index in [1.807, 2.05) is 6.92 Å². The quantitative estimate of drug-likeness (QED) is 0.616. The molecule has 0 spiro atoms. The van der Waals surface area contributed by atoms with E-state index < -0.39 is 18.0 Å². The van der Waals surface area contributed by atoms with Gasteiger partial charge in [0.25, 0.3) is 0 Å². The Morgan fingerprint density at radius 3 is 2.67 bits per heavy atom. The largest absolute Gasteiger partial charge is 0.480 e. The fourth-order valence-corrected chi connectivity index (χ4v) is 1.39. The molecule has 0 bridgehead atoms. The van der Waals surface area contributed by atoms with Gasteiger partial charge in [-0.05, 0) is 20.3 Å². The first-order valence-corrected chi connectivity index (χ1v) is 4.92. The third-order valence-electron chi connectivity index (χ3n) is 2.41. The Bertz CT molecular complexity index is 256. The molecule has 0 saturated carbocycles. The molecule has 1 saturated heterocycles. The molecule has 86 valence electrons. The smallest absolute Gasteiger partial charge is 0.325 e. The summed E-state index contributed by atoms with van der Waals surface area (Å²) < 4.78 is 5.26. The van der Waals surface area contributed by atoms with Crippen LogP contribution >= 0.6 is 0 Å². The van der Waals surface area contributed by atoms with Crippen LogP contribution in [0.1, 0.15) is 20.3 Å². The summed E-state index contributed by atoms with van der Waals surface area (Å²) in [6, 6.07) is -1.39. The average molecular weight is 216 g/mol. The summed E-state index contributed by atoms with van der Waals surface area (Å²) >= 11 is 0. The maximum Gasteiger partial charge on any atom is 0.325 e. The zero-order chi connectivity index (χ0) is 11.4. The molecule has 0 aromatic carbocycles. The molecule has 3 atom stereocenters. The normalized spacial score (nSPS) is 27.1. The number of carbonyl (C=O) groups excluding carboxylic acids is 1. The summed E-state index contributed by atoms with van der Waals surface area (Å²) in [5.74, 6) is -1.05. The first-order chi connectivity index (χ1) is 7.00. The van der Waals surface area contributed by atoms with Crippen LogP contribution in [0.5, 0.6) is 0 Å². The Morgan fingerprint density at radius 2 is 2.20 bits per heavy atom. The summed E-state index contributed by atoms with van der Waals surface area (Å²) in [7, 11) is 0. The Hall–Kier alpha value is -1.30. The number of urea groups is 1. The fraction of sp³-hybridized carbons (Fsp3) is 0.778. The third kappa shape index (κ3) is 3.39. The maximum absolute atomic E-state index is 11.3. The van der Waals surface area contributed by atoms with Gasteiger partial charge in [-0.3, -0.25) is 4.79 Å². The fourth-order valence-electron chi connectivity index (χ4n) is 1.39. The van der Waals surface area contributed by atoms with Crippen LogP contribution in [0.3, 0.4) is 0 Å². The summed E-state index contributed by atoms with van der Waals surface area (Å²) in [5, 5.41) is 13.6. The molecule has 3 N–H and O–H groups in total. The molecule has 2 amide bonds. The minimum atomic E-state index is -1.05. The summed E-state index contributed by atoms with van der Waals surface area (Å²) in [5.41, 5.74) is 0. The van der Waals surface area contributed by atoms with Gasteiger partial charge in [0, 0.05) is 6.61 Å². The van der Waals surface area contributed by atoms with Gasteiger partial charge in [-0.2, -0.15) is 0 Å². The first-order valence-electron chi connectivity index (χ1n) is 4.92. The number of nitrogens with one attached hydrogen (secondary N) is 2. The van der Waals surface area contributed by atoms with Crippen LogP contribution < -0.4 is 10.6 Å². The SMILES string of the molecule is CC1OCCC1NC(=O)N[C@@H](C)C(=O)O. The first kappa shape index (κ1) is 11.8. The highest BCUT2D eigenvalue weighted by molar-refractivity contribution is 5.82. The van der Waals surface area contributed by atoms with Crippen molar-refractivity contribution in [3.8, 4) is 0 Å². The van der Waals surface area contributed by atoms with E-state index in [1.54, 1.807) is 0 Å². The van der Waals surface area contributed by atoms with E-state index in [2.05, 4.69) is 10.6 Å². The molecule has 1 heterocycles. The van der Waals surface area contributed by atoms with Crippen LogP contribution in [0.4, 0.5) is 4.79 Å². The zero-order valence-electron chi connectivity index (χ0n) is 8.82. The number of rotatable bonds is 3. The van der Waals surface area contributed by atoms with E-state index >= 15 is 0 Å². The molecule has 0 aliphatic carbocycles. The van der Waals surface area contributed by atoms with Gasteiger partial charge in [-0.25, -0.2) is 4.79 Å². The lowest BCUT2D eigenvalue weighted by Crippen LogP contribution is -2.49. The molecule has 1 fully saturated rings. The lowest BCUT2D eigenvalue weighted by atomic mass is 10.2. The van der Waals surface area contributed by atoms with Gasteiger partial charge >= 0.3 is 12.0 Å². The number of aliphatic carboxylic acids is 1. The molecule has 0 aromatic heterocycles. The Morgan fingerprint density at radius 1 is 1.53 bits per heavy atom. The minimum absolute atomic E-state index is 0.0177. The van der Waals surface area contributed by atoms with E-state index in [0.717, 1.165) is 6.42 Å². The second kappa shape index (κ2) is 4.97. The van der Waals surface area contributed by atoms with Crippen molar-refractivity contribution in [2.24, 2.45) is 0 Å². The summed E-state index contributed by atoms with van der Waals surface area (Å²) in [6.07, 6.45) is 0.742. The van der Waals surface area contributed by atoms with Crippen molar-refractivity contribution in [2.75, 3.05) is 6.61 Å². The van der Waals surface area contributed by atoms with Crippen LogP contribution in [-0.4, -0.2) is 41.9 Å². The summed E-state index contributed by atoms with van der Waals surface area (Å²) in [4.78, 5) is 21.8. The number of hydrogen-bond donors (Lipinski definition) is 3. The van der Waals surface area contributed by atoms with Crippen molar-refractivity contribution in [3.05, 3.63) is 0 Å². The van der Waals surface area contributed by atoms with Crippen LogP contribution in [0.25, 0.3) is 0 Å². The predicted molar refractivity (Wildman–Crippen MR) is 52.6 cm³/mol. The maximum atomic E-state index is 11.3. The van der Waals surface area contributed by atoms with E-state index in [0.29, 0.717) is 6.61 Å². The molecule has 6 nitrogen and oxygen atoms in total. The zero-order valence-corrected chi connectivity index (χ0v) is 8.82. The van der Waals surface area contributed by atoms with Gasteiger partial charge in [0.15, 0.2) is 0 Å². The monoisotopic (exact) mass is 216 g/mol. The van der Waals surface area contributed by atoms with E-state index in [9.17, 15) is 9.59 Å². The van der Waals surface area contributed by atoms with Crippen molar-refractivity contribution >= 4 is 12.0 Å². The molecule has 1 aliphatic heterocycles. The van der Waals surface area contributed by atoms with E-state index in [1.165, 1.54) is 6.92 Å². The highest BCUT2D eigenvalue weighted by Crippen LogP contribution is 2.12. The molecule has 15 heavy (non-hydrogen) atoms. The molecule has 2 unspecified atom stereocenters. The standard InChI is InChI=1S/C9H16N2O4/c1-5(8(12)13)10-9(14)11-7-3-4-15-6(7)2/h5-7H,3-4H2,1-2H3,(H,12,13)(H2,10,11,14)/t5-,6?,7?/m0/s1. The Labute approximate surface area is 88.0 Å². The molecular formula is C9H16N2O4. The van der Waals surface area contributed by atoms with Crippen molar-refractivity contribution in [1.29, 1.82) is 0 Å². The van der Waals surface area contributed by atoms with Gasteiger partial charge in [-0.1, -0.05) is 0 Å². The lowest BCUT2D eigenvalue weighted by molar-refractivity contribution is -0.138. The van der Waals surface area contributed by atoms with Crippen molar-refractivity contribution in [2.45, 2.75) is 38.5 Å². The van der Waals surface area contributed by atoms with Gasteiger partial charge in [0.2, 0.25) is 0 Å². The Balaban J connectivity index is 2.32. The second-order valence-electron chi connectivity index (χ2n) is 3.65. The van der Waals surface area contributed by atoms with E-state index in [-0.39, 0.29) is 12.1 Å². The van der Waals surface area contributed by atoms with Crippen LogP contribution in [0, 0.1) is 0 Å². The number of carbonyl (C=O) groups is 2. The average Bonchev–Trinajstić information content (AvgIpc) is 2.51. The number of carboxylic acid groups (broad SMARTS) is 1. The van der Waals surface area contributed by atoms with Gasteiger partial charge in [0.05, 0.1) is 12.1 Å². The minimum Gasteiger partial charge on any atom is -0.480 e. The number of ether oxygens (including phenoxy) is 1. The van der Waals surface area contributed by atoms with Gasteiger partial charge in [0.1, 0.15) is 6.04 Å². The van der Waals surface area contributed by atoms with Crippen LogP contribution in [-0.2, 0) is 9.53 Å². The summed E-state index contributed by atoms with van der Waals surface area (Å²) in [6.45, 7) is 3.91. The molecular weight excluding hydrogens is 200 g/mol. The molecule has 1 aliphatic rings. The van der Waals surface area contributed by atoms with Gasteiger partial charge in [-0.15, -0.1) is 0 Å². The highest BCUT2D eigenvalue weighted by atomic mass is 16.5.